The predicted octanol–water partition coefficient (Wildman–Crippen LogP) is 0.859. The van der Waals surface area contributed by atoms with Crippen LogP contribution in [0, 0.1) is 5.92 Å². The number of ether oxygens (including phenoxy) is 1. The number of pyridine rings is 1. The molecule has 84 valence electrons. The van der Waals surface area contributed by atoms with E-state index in [2.05, 4.69) is 28.8 Å². The van der Waals surface area contributed by atoms with E-state index < -0.39 is 0 Å². The van der Waals surface area contributed by atoms with Crippen LogP contribution < -0.4 is 10.6 Å². The number of fused-ring (bicyclic) bond motifs is 1. The van der Waals surface area contributed by atoms with Gasteiger partial charge in [0.05, 0.1) is 12.5 Å². The first kappa shape index (κ1) is 10.9. The second kappa shape index (κ2) is 4.47. The fraction of sp³-hybridized carbons (Fsp3) is 0.385. The molecule has 16 heavy (non-hydrogen) atoms. The quantitative estimate of drug-likeness (QED) is 0.655. The SMILES string of the molecule is COC(=O)c1ccc2c(n1)=CC(C)CCC=2. The van der Waals surface area contributed by atoms with Gasteiger partial charge in [0.25, 0.3) is 0 Å². The highest BCUT2D eigenvalue weighted by molar-refractivity contribution is 5.86. The van der Waals surface area contributed by atoms with Crippen molar-refractivity contribution in [3.63, 3.8) is 0 Å². The maximum Gasteiger partial charge on any atom is 0.356 e. The Morgan fingerprint density at radius 1 is 1.50 bits per heavy atom. The highest BCUT2D eigenvalue weighted by Gasteiger charge is 2.08. The minimum atomic E-state index is -0.381. The van der Waals surface area contributed by atoms with Crippen molar-refractivity contribution in [1.82, 2.24) is 4.98 Å². The van der Waals surface area contributed by atoms with Crippen molar-refractivity contribution in [2.75, 3.05) is 7.11 Å². The molecule has 3 heteroatoms. The van der Waals surface area contributed by atoms with Crippen LogP contribution in [0.4, 0.5) is 0 Å². The van der Waals surface area contributed by atoms with Gasteiger partial charge in [0.1, 0.15) is 5.69 Å². The summed E-state index contributed by atoms with van der Waals surface area (Å²) < 4.78 is 4.66. The van der Waals surface area contributed by atoms with E-state index >= 15 is 0 Å². The third kappa shape index (κ3) is 2.13. The summed E-state index contributed by atoms with van der Waals surface area (Å²) in [4.78, 5) is 15.7. The van der Waals surface area contributed by atoms with Gasteiger partial charge in [-0.2, -0.15) is 0 Å². The summed E-state index contributed by atoms with van der Waals surface area (Å²) >= 11 is 0. The molecular formula is C13H15NO2. The lowest BCUT2D eigenvalue weighted by atomic mass is 10.1. The molecule has 0 saturated heterocycles. The van der Waals surface area contributed by atoms with Gasteiger partial charge < -0.3 is 4.74 Å². The normalized spacial score (nSPS) is 18.8. The molecule has 0 radical (unpaired) electrons. The average molecular weight is 217 g/mol. The zero-order chi connectivity index (χ0) is 11.5. The van der Waals surface area contributed by atoms with E-state index in [1.807, 2.05) is 6.07 Å². The number of hydrogen-bond donors (Lipinski definition) is 0. The lowest BCUT2D eigenvalue weighted by Crippen LogP contribution is -2.30. The third-order valence-corrected chi connectivity index (χ3v) is 2.78. The smallest absolute Gasteiger partial charge is 0.356 e. The topological polar surface area (TPSA) is 39.2 Å². The average Bonchev–Trinajstić information content (AvgIpc) is 2.47. The van der Waals surface area contributed by atoms with Crippen LogP contribution in [0.3, 0.4) is 0 Å². The number of methoxy groups -OCH3 is 1. The molecule has 0 aliphatic heterocycles. The minimum absolute atomic E-state index is 0.375. The van der Waals surface area contributed by atoms with E-state index in [0.29, 0.717) is 11.6 Å². The summed E-state index contributed by atoms with van der Waals surface area (Å²) in [5, 5.41) is 2.00. The highest BCUT2D eigenvalue weighted by Crippen LogP contribution is 2.08. The summed E-state index contributed by atoms with van der Waals surface area (Å²) in [6, 6.07) is 3.65. The number of rotatable bonds is 1. The standard InChI is InChI=1S/C13H15NO2/c1-9-4-3-5-10-6-7-11(13(15)16-2)14-12(10)8-9/h5-9H,3-4H2,1-2H3. The number of esters is 1. The molecule has 1 aliphatic carbocycles. The molecule has 0 saturated carbocycles. The Kier molecular flexibility index (Phi) is 3.04. The van der Waals surface area contributed by atoms with Gasteiger partial charge in [0.15, 0.2) is 0 Å². The first-order valence-corrected chi connectivity index (χ1v) is 5.48. The lowest BCUT2D eigenvalue weighted by molar-refractivity contribution is 0.0593. The van der Waals surface area contributed by atoms with Crippen LogP contribution in [-0.2, 0) is 4.74 Å². The molecule has 3 nitrogen and oxygen atoms in total. The molecule has 0 spiro atoms. The maximum atomic E-state index is 11.4. The number of hydrogen-bond acceptors (Lipinski definition) is 3. The monoisotopic (exact) mass is 217 g/mol. The Bertz CT molecular complexity index is 519. The first-order valence-electron chi connectivity index (χ1n) is 5.48. The molecule has 1 aliphatic rings. The van der Waals surface area contributed by atoms with Crippen molar-refractivity contribution in [2.45, 2.75) is 19.8 Å². The van der Waals surface area contributed by atoms with Gasteiger partial charge >= 0.3 is 5.97 Å². The van der Waals surface area contributed by atoms with Crippen LogP contribution in [0.5, 0.6) is 0 Å². The predicted molar refractivity (Wildman–Crippen MR) is 62.2 cm³/mol. The van der Waals surface area contributed by atoms with Gasteiger partial charge in [-0.05, 0) is 30.0 Å². The molecule has 0 fully saturated rings. The maximum absolute atomic E-state index is 11.4. The van der Waals surface area contributed by atoms with Gasteiger partial charge in [-0.3, -0.25) is 0 Å². The van der Waals surface area contributed by atoms with Crippen molar-refractivity contribution in [1.29, 1.82) is 0 Å². The Hall–Kier alpha value is -1.64. The van der Waals surface area contributed by atoms with Crippen LogP contribution in [0.1, 0.15) is 30.3 Å². The van der Waals surface area contributed by atoms with Crippen LogP contribution in [0.2, 0.25) is 0 Å². The summed E-state index contributed by atoms with van der Waals surface area (Å²) in [5.41, 5.74) is 0.375. The van der Waals surface area contributed by atoms with E-state index in [9.17, 15) is 4.79 Å². The van der Waals surface area contributed by atoms with Crippen LogP contribution in [-0.4, -0.2) is 18.1 Å². The van der Waals surface area contributed by atoms with Crippen molar-refractivity contribution in [3.05, 3.63) is 28.4 Å². The highest BCUT2D eigenvalue weighted by atomic mass is 16.5. The second-order valence-corrected chi connectivity index (χ2v) is 4.09. The van der Waals surface area contributed by atoms with Gasteiger partial charge in [0.2, 0.25) is 0 Å². The summed E-state index contributed by atoms with van der Waals surface area (Å²) in [7, 11) is 1.37. The second-order valence-electron chi connectivity index (χ2n) is 4.09. The van der Waals surface area contributed by atoms with Crippen molar-refractivity contribution in [3.8, 4) is 0 Å². The van der Waals surface area contributed by atoms with E-state index in [4.69, 9.17) is 0 Å². The molecule has 1 heterocycles. The van der Waals surface area contributed by atoms with E-state index in [0.717, 1.165) is 23.4 Å². The lowest BCUT2D eigenvalue weighted by Gasteiger charge is -2.00. The molecule has 0 bridgehead atoms. The molecule has 0 amide bonds. The molecular weight excluding hydrogens is 202 g/mol. The zero-order valence-corrected chi connectivity index (χ0v) is 9.56. The third-order valence-electron chi connectivity index (χ3n) is 2.78. The Balaban J connectivity index is 2.57. The molecule has 0 N–H and O–H groups in total. The Labute approximate surface area is 94.5 Å². The number of carbonyl (C=O) groups excluding carboxylic acids is 1. The largest absolute Gasteiger partial charge is 0.464 e. The summed E-state index contributed by atoms with van der Waals surface area (Å²) in [6.45, 7) is 2.16. The fourth-order valence-electron chi connectivity index (χ4n) is 1.86. The Morgan fingerprint density at radius 3 is 3.06 bits per heavy atom. The minimum Gasteiger partial charge on any atom is -0.464 e. The van der Waals surface area contributed by atoms with Crippen molar-refractivity contribution < 1.29 is 9.53 Å². The van der Waals surface area contributed by atoms with E-state index in [1.54, 1.807) is 6.07 Å². The first-order chi connectivity index (χ1) is 7.70. The molecule has 1 unspecified atom stereocenters. The fourth-order valence-corrected chi connectivity index (χ4v) is 1.86. The van der Waals surface area contributed by atoms with Crippen LogP contribution in [0.25, 0.3) is 12.2 Å². The molecule has 1 aromatic rings. The van der Waals surface area contributed by atoms with Crippen LogP contribution in [0.15, 0.2) is 12.1 Å². The van der Waals surface area contributed by atoms with E-state index in [1.165, 1.54) is 7.11 Å². The molecule has 1 atom stereocenters. The number of nitrogens with zero attached hydrogens (tertiary/aromatic N) is 1. The Morgan fingerprint density at radius 2 is 2.31 bits per heavy atom. The summed E-state index contributed by atoms with van der Waals surface area (Å²) in [5.74, 6) is 0.117. The van der Waals surface area contributed by atoms with Gasteiger partial charge in [-0.15, -0.1) is 0 Å². The molecule has 0 aromatic carbocycles. The number of aromatic nitrogens is 1. The van der Waals surface area contributed by atoms with Gasteiger partial charge in [-0.25, -0.2) is 9.78 Å². The van der Waals surface area contributed by atoms with Gasteiger partial charge in [-0.1, -0.05) is 25.1 Å². The molecule has 2 rings (SSSR count). The summed E-state index contributed by atoms with van der Waals surface area (Å²) in [6.07, 6.45) is 6.47. The zero-order valence-electron chi connectivity index (χ0n) is 9.56. The number of carbonyl (C=O) groups is 1. The van der Waals surface area contributed by atoms with Crippen molar-refractivity contribution >= 4 is 18.1 Å². The molecule has 1 aromatic heterocycles. The van der Waals surface area contributed by atoms with Crippen LogP contribution >= 0.6 is 0 Å². The van der Waals surface area contributed by atoms with Gasteiger partial charge in [0, 0.05) is 0 Å². The van der Waals surface area contributed by atoms with E-state index in [-0.39, 0.29) is 5.97 Å². The van der Waals surface area contributed by atoms with Crippen molar-refractivity contribution in [2.24, 2.45) is 5.92 Å².